The van der Waals surface area contributed by atoms with Gasteiger partial charge in [0.15, 0.2) is 27.8 Å². The summed E-state index contributed by atoms with van der Waals surface area (Å²) < 4.78 is 29.7. The van der Waals surface area contributed by atoms with Crippen LogP contribution in [0.25, 0.3) is 6.08 Å². The Morgan fingerprint density at radius 3 is 2.48 bits per heavy atom. The Morgan fingerprint density at radius 2 is 1.82 bits per heavy atom. The normalized spacial score (nSPS) is 14.8. The molecule has 1 aromatic heterocycles. The number of hydrogen-bond donors (Lipinski definition) is 0. The van der Waals surface area contributed by atoms with Crippen LogP contribution in [0.3, 0.4) is 0 Å². The number of halogens is 1. The Hall–Kier alpha value is -3.76. The minimum absolute atomic E-state index is 0.101. The van der Waals surface area contributed by atoms with E-state index >= 15 is 0 Å². The number of methoxy groups -OCH3 is 2. The van der Waals surface area contributed by atoms with E-state index in [4.69, 9.17) is 35.3 Å². The molecule has 2 heterocycles. The Labute approximate surface area is 240 Å². The lowest BCUT2D eigenvalue weighted by Crippen LogP contribution is -2.39. The quantitative estimate of drug-likeness (QED) is 0.327. The van der Waals surface area contributed by atoms with Crippen LogP contribution in [0, 0.1) is 0 Å². The van der Waals surface area contributed by atoms with Gasteiger partial charge in [0.05, 0.1) is 54.7 Å². The second-order valence-corrected chi connectivity index (χ2v) is 10.4. The second kappa shape index (κ2) is 12.6. The van der Waals surface area contributed by atoms with E-state index in [1.165, 1.54) is 36.3 Å². The van der Waals surface area contributed by atoms with Crippen molar-refractivity contribution in [3.8, 4) is 23.0 Å². The molecule has 0 aliphatic carbocycles. The molecule has 0 N–H and O–H groups in total. The maximum Gasteiger partial charge on any atom is 0.337 e. The van der Waals surface area contributed by atoms with Crippen molar-refractivity contribution in [2.75, 3.05) is 27.4 Å². The first kappa shape index (κ1) is 29.2. The predicted octanol–water partition coefficient (Wildman–Crippen LogP) is 4.26. The van der Waals surface area contributed by atoms with Crippen molar-refractivity contribution in [3.63, 3.8) is 0 Å². The molecule has 40 heavy (non-hydrogen) atoms. The summed E-state index contributed by atoms with van der Waals surface area (Å²) in [6, 6.07) is 8.01. The lowest BCUT2D eigenvalue weighted by atomic mass is 9.97. The van der Waals surface area contributed by atoms with Gasteiger partial charge in [0.1, 0.15) is 0 Å². The average Bonchev–Trinajstić information content (AvgIpc) is 3.24. The Balaban J connectivity index is 1.88. The van der Waals surface area contributed by atoms with Crippen molar-refractivity contribution in [2.45, 2.75) is 39.8 Å². The molecule has 1 aliphatic rings. The third kappa shape index (κ3) is 5.88. The molecule has 4 rings (SSSR count). The van der Waals surface area contributed by atoms with Gasteiger partial charge >= 0.3 is 5.97 Å². The Kier molecular flexibility index (Phi) is 9.21. The van der Waals surface area contributed by atoms with Gasteiger partial charge in [-0.2, -0.15) is 0 Å². The average molecular weight is 587 g/mol. The van der Waals surface area contributed by atoms with E-state index < -0.39 is 12.0 Å². The number of nitrogens with zero attached hydrogens (tertiary/aromatic N) is 2. The fraction of sp³-hybridized carbons (Fsp3) is 0.345. The standard InChI is InChI=1S/C29H31ClN2O7S/c1-7-37-21-10-9-18(14-22(21)38-8-2)25-19(28(34)36-6)15-31-29-32(25)27(33)24(40-29)13-17-11-20(30)26(39-16(3)4)23(12-17)35-5/h9-16,25H,7-8H2,1-6H3/b24-13+/t25-/m1/s1. The van der Waals surface area contributed by atoms with E-state index in [-0.39, 0.29) is 17.2 Å². The number of thiazole rings is 1. The zero-order chi connectivity index (χ0) is 29.0. The third-order valence-electron chi connectivity index (χ3n) is 5.91. The highest BCUT2D eigenvalue weighted by Gasteiger charge is 2.31. The topological polar surface area (TPSA) is 97.6 Å². The lowest BCUT2D eigenvalue weighted by molar-refractivity contribution is -0.136. The molecule has 1 aliphatic heterocycles. The van der Waals surface area contributed by atoms with Gasteiger partial charge in [-0.15, -0.1) is 0 Å². The lowest BCUT2D eigenvalue weighted by Gasteiger charge is -2.23. The minimum atomic E-state index is -0.791. The van der Waals surface area contributed by atoms with Crippen LogP contribution in [0.1, 0.15) is 44.9 Å². The van der Waals surface area contributed by atoms with Gasteiger partial charge in [-0.1, -0.05) is 29.0 Å². The highest BCUT2D eigenvalue weighted by molar-refractivity contribution is 7.07. The summed E-state index contributed by atoms with van der Waals surface area (Å²) in [5.41, 5.74) is 1.18. The molecule has 0 saturated carbocycles. The molecular weight excluding hydrogens is 556 g/mol. The molecule has 212 valence electrons. The van der Waals surface area contributed by atoms with E-state index in [9.17, 15) is 9.59 Å². The fourth-order valence-corrected chi connectivity index (χ4v) is 5.54. The van der Waals surface area contributed by atoms with Crippen molar-refractivity contribution in [3.05, 3.63) is 77.9 Å². The molecule has 0 radical (unpaired) electrons. The van der Waals surface area contributed by atoms with Crippen LogP contribution in [0.5, 0.6) is 23.0 Å². The van der Waals surface area contributed by atoms with Gasteiger partial charge in [-0.25, -0.2) is 9.79 Å². The van der Waals surface area contributed by atoms with Gasteiger partial charge in [-0.05, 0) is 69.2 Å². The summed E-state index contributed by atoms with van der Waals surface area (Å²) in [5.74, 6) is 1.37. The summed E-state index contributed by atoms with van der Waals surface area (Å²) >= 11 is 7.70. The van der Waals surface area contributed by atoms with E-state index in [0.717, 1.165) is 0 Å². The SMILES string of the molecule is CCOc1ccc([C@@H]2C(C(=O)OC)=CN=c3s/c(=C/c4cc(Cl)c(OC(C)C)c(OC)c4)c(=O)n32)cc1OCC. The summed E-state index contributed by atoms with van der Waals surface area (Å²) in [6.07, 6.45) is 3.05. The number of carbonyl (C=O) groups is 1. The number of esters is 1. The van der Waals surface area contributed by atoms with Crippen LogP contribution < -0.4 is 33.8 Å². The maximum atomic E-state index is 13.8. The van der Waals surface area contributed by atoms with Crippen molar-refractivity contribution in [1.29, 1.82) is 0 Å². The van der Waals surface area contributed by atoms with Crippen molar-refractivity contribution >= 4 is 35.0 Å². The number of fused-ring (bicyclic) bond motifs is 1. The molecule has 0 spiro atoms. The molecule has 3 aromatic rings. The van der Waals surface area contributed by atoms with Gasteiger partial charge < -0.3 is 23.7 Å². The van der Waals surface area contributed by atoms with Crippen LogP contribution in [0.4, 0.5) is 0 Å². The van der Waals surface area contributed by atoms with Gasteiger partial charge in [0.2, 0.25) is 0 Å². The van der Waals surface area contributed by atoms with Crippen LogP contribution >= 0.6 is 22.9 Å². The molecule has 1 atom stereocenters. The van der Waals surface area contributed by atoms with Crippen molar-refractivity contribution in [1.82, 2.24) is 4.57 Å². The van der Waals surface area contributed by atoms with E-state index in [0.29, 0.717) is 61.7 Å². The van der Waals surface area contributed by atoms with Crippen LogP contribution in [-0.4, -0.2) is 44.1 Å². The summed E-state index contributed by atoms with van der Waals surface area (Å²) in [7, 11) is 2.82. The predicted molar refractivity (Wildman–Crippen MR) is 154 cm³/mol. The number of hydrogen-bond acceptors (Lipinski definition) is 9. The Bertz CT molecular complexity index is 1620. The van der Waals surface area contributed by atoms with Gasteiger partial charge in [-0.3, -0.25) is 9.36 Å². The van der Waals surface area contributed by atoms with Gasteiger partial charge in [0.25, 0.3) is 5.56 Å². The summed E-state index contributed by atoms with van der Waals surface area (Å²) in [5, 5.41) is 0.357. The summed E-state index contributed by atoms with van der Waals surface area (Å²) in [6.45, 7) is 8.41. The van der Waals surface area contributed by atoms with E-state index in [1.54, 1.807) is 36.4 Å². The van der Waals surface area contributed by atoms with Gasteiger partial charge in [0, 0.05) is 6.20 Å². The molecule has 0 unspecified atom stereocenters. The number of carbonyl (C=O) groups excluding carboxylic acids is 1. The second-order valence-electron chi connectivity index (χ2n) is 8.95. The first-order chi connectivity index (χ1) is 19.2. The van der Waals surface area contributed by atoms with Crippen LogP contribution in [0.2, 0.25) is 5.02 Å². The Morgan fingerprint density at radius 1 is 1.10 bits per heavy atom. The fourth-order valence-electron chi connectivity index (χ4n) is 4.31. The molecule has 0 bridgehead atoms. The molecule has 0 fully saturated rings. The molecule has 2 aromatic carbocycles. The molecule has 0 saturated heterocycles. The molecule has 9 nitrogen and oxygen atoms in total. The largest absolute Gasteiger partial charge is 0.493 e. The zero-order valence-corrected chi connectivity index (χ0v) is 24.7. The van der Waals surface area contributed by atoms with Crippen LogP contribution in [-0.2, 0) is 9.53 Å². The zero-order valence-electron chi connectivity index (χ0n) is 23.1. The minimum Gasteiger partial charge on any atom is -0.493 e. The number of aromatic nitrogens is 1. The molecular formula is C29H31ClN2O7S. The van der Waals surface area contributed by atoms with Crippen molar-refractivity contribution < 1.29 is 28.5 Å². The van der Waals surface area contributed by atoms with Crippen molar-refractivity contribution in [2.24, 2.45) is 4.99 Å². The number of benzene rings is 2. The number of ether oxygens (including phenoxy) is 5. The first-order valence-electron chi connectivity index (χ1n) is 12.7. The maximum absolute atomic E-state index is 13.8. The monoisotopic (exact) mass is 586 g/mol. The van der Waals surface area contributed by atoms with E-state index in [1.807, 2.05) is 27.7 Å². The summed E-state index contributed by atoms with van der Waals surface area (Å²) in [4.78, 5) is 31.5. The molecule has 11 heteroatoms. The highest BCUT2D eigenvalue weighted by Crippen LogP contribution is 2.38. The smallest absolute Gasteiger partial charge is 0.337 e. The van der Waals surface area contributed by atoms with E-state index in [2.05, 4.69) is 4.99 Å². The highest BCUT2D eigenvalue weighted by atomic mass is 35.5. The number of rotatable bonds is 10. The van der Waals surface area contributed by atoms with Crippen LogP contribution in [0.15, 0.2) is 51.9 Å². The first-order valence-corrected chi connectivity index (χ1v) is 13.9. The third-order valence-corrected chi connectivity index (χ3v) is 7.19. The molecule has 0 amide bonds.